The van der Waals surface area contributed by atoms with Crippen LogP contribution < -0.4 is 11.2 Å². The van der Waals surface area contributed by atoms with Gasteiger partial charge in [-0.3, -0.25) is 13.9 Å². The minimum Gasteiger partial charge on any atom is -0.367 e. The molecule has 2 heterocycles. The van der Waals surface area contributed by atoms with E-state index in [4.69, 9.17) is 4.74 Å². The van der Waals surface area contributed by atoms with Gasteiger partial charge in [0.25, 0.3) is 5.56 Å². The number of nitrogens with zero attached hydrogens (tertiary/aromatic N) is 4. The molecule has 31 heavy (non-hydrogen) atoms. The zero-order valence-electron chi connectivity index (χ0n) is 17.6. The van der Waals surface area contributed by atoms with Gasteiger partial charge >= 0.3 is 5.69 Å². The van der Waals surface area contributed by atoms with E-state index in [9.17, 15) is 9.59 Å². The molecule has 7 heteroatoms. The van der Waals surface area contributed by atoms with Crippen molar-refractivity contribution in [3.8, 4) is 0 Å². The number of ether oxygens (including phenoxy) is 1. The first kappa shape index (κ1) is 19.5. The molecule has 0 N–H and O–H groups in total. The predicted octanol–water partition coefficient (Wildman–Crippen LogP) is 2.34. The van der Waals surface area contributed by atoms with Crippen molar-refractivity contribution in [2.24, 2.45) is 14.1 Å². The summed E-state index contributed by atoms with van der Waals surface area (Å²) in [5.74, 6) is 0. The lowest BCUT2D eigenvalue weighted by molar-refractivity contribution is 0.0739. The molecule has 0 bridgehead atoms. The zero-order chi connectivity index (χ0) is 21.5. The monoisotopic (exact) mass is 416 g/mol. The van der Waals surface area contributed by atoms with Crippen molar-refractivity contribution in [3.05, 3.63) is 98.0 Å². The van der Waals surface area contributed by atoms with Crippen LogP contribution in [-0.4, -0.2) is 25.3 Å². The largest absolute Gasteiger partial charge is 0.367 e. The first-order chi connectivity index (χ1) is 15.1. The molecule has 0 unspecified atom stereocenters. The highest BCUT2D eigenvalue weighted by Gasteiger charge is 2.24. The second kappa shape index (κ2) is 7.67. The highest BCUT2D eigenvalue weighted by Crippen LogP contribution is 2.35. The molecule has 0 saturated carbocycles. The molecule has 0 fully saturated rings. The third-order valence-electron chi connectivity index (χ3n) is 6.17. The van der Waals surface area contributed by atoms with E-state index in [1.165, 1.54) is 33.9 Å². The van der Waals surface area contributed by atoms with E-state index in [1.807, 2.05) is 0 Å². The van der Waals surface area contributed by atoms with Crippen molar-refractivity contribution >= 4 is 11.2 Å². The summed E-state index contributed by atoms with van der Waals surface area (Å²) >= 11 is 0. The van der Waals surface area contributed by atoms with Gasteiger partial charge in [-0.15, -0.1) is 0 Å². The molecule has 0 radical (unpaired) electrons. The highest BCUT2D eigenvalue weighted by molar-refractivity contribution is 5.69. The summed E-state index contributed by atoms with van der Waals surface area (Å²) in [7, 11) is 3.11. The summed E-state index contributed by atoms with van der Waals surface area (Å²) in [5.41, 5.74) is 5.07. The molecule has 7 nitrogen and oxygen atoms in total. The van der Waals surface area contributed by atoms with Gasteiger partial charge in [0.05, 0.1) is 12.9 Å². The van der Waals surface area contributed by atoms with Crippen LogP contribution in [0.4, 0.5) is 0 Å². The Hall–Kier alpha value is -3.45. The van der Waals surface area contributed by atoms with Gasteiger partial charge in [0.15, 0.2) is 11.2 Å². The number of fused-ring (bicyclic) bond motifs is 3. The molecule has 2 aromatic heterocycles. The Morgan fingerprint density at radius 1 is 0.935 bits per heavy atom. The Morgan fingerprint density at radius 3 is 2.19 bits per heavy atom. The number of benzene rings is 2. The van der Waals surface area contributed by atoms with Crippen molar-refractivity contribution in [2.45, 2.75) is 25.5 Å². The molecule has 5 rings (SSSR count). The average Bonchev–Trinajstić information content (AvgIpc) is 3.15. The van der Waals surface area contributed by atoms with Crippen LogP contribution in [0.5, 0.6) is 0 Å². The maximum absolute atomic E-state index is 12.7. The summed E-state index contributed by atoms with van der Waals surface area (Å²) in [6.45, 7) is 0.871. The van der Waals surface area contributed by atoms with E-state index in [0.717, 1.165) is 17.4 Å². The Balaban J connectivity index is 1.47. The molecule has 0 aliphatic heterocycles. The van der Waals surface area contributed by atoms with Gasteiger partial charge in [-0.2, -0.15) is 0 Å². The summed E-state index contributed by atoms with van der Waals surface area (Å²) < 4.78 is 10.7. The molecule has 1 aliphatic carbocycles. The van der Waals surface area contributed by atoms with Gasteiger partial charge in [-0.1, -0.05) is 48.5 Å². The van der Waals surface area contributed by atoms with Crippen molar-refractivity contribution < 1.29 is 4.74 Å². The van der Waals surface area contributed by atoms with Crippen molar-refractivity contribution in [1.82, 2.24) is 18.7 Å². The van der Waals surface area contributed by atoms with E-state index in [0.29, 0.717) is 24.3 Å². The van der Waals surface area contributed by atoms with Crippen LogP contribution in [0.25, 0.3) is 11.2 Å². The first-order valence-corrected chi connectivity index (χ1v) is 10.4. The molecule has 0 saturated heterocycles. The molecule has 2 aromatic carbocycles. The Bertz CT molecular complexity index is 1350. The van der Waals surface area contributed by atoms with Crippen LogP contribution >= 0.6 is 0 Å². The number of imidazole rings is 1. The van der Waals surface area contributed by atoms with Gasteiger partial charge in [0.2, 0.25) is 0 Å². The lowest BCUT2D eigenvalue weighted by atomic mass is 9.97. The van der Waals surface area contributed by atoms with Gasteiger partial charge in [-0.25, -0.2) is 9.78 Å². The quantitative estimate of drug-likeness (QED) is 0.512. The minimum atomic E-state index is -0.384. The molecule has 0 amide bonds. The standard InChI is InChI=1S/C24H24N4O3/c1-26-22-20(23(29)27(2)24(26)30)28(15-25-22)13-14-31-21-18-9-5-3-7-16(18)11-12-17-8-4-6-10-19(17)21/h3-10,15,21H,11-14H2,1-2H3. The lowest BCUT2D eigenvalue weighted by Crippen LogP contribution is -2.37. The van der Waals surface area contributed by atoms with Crippen LogP contribution in [0.15, 0.2) is 64.4 Å². The predicted molar refractivity (Wildman–Crippen MR) is 118 cm³/mol. The van der Waals surface area contributed by atoms with E-state index < -0.39 is 0 Å². The van der Waals surface area contributed by atoms with Crippen LogP contribution in [-0.2, 0) is 38.2 Å². The maximum atomic E-state index is 12.7. The lowest BCUT2D eigenvalue weighted by Gasteiger charge is -2.21. The highest BCUT2D eigenvalue weighted by atomic mass is 16.5. The fourth-order valence-electron chi connectivity index (χ4n) is 4.49. The summed E-state index contributed by atoms with van der Waals surface area (Å²) in [6, 6.07) is 16.9. The summed E-state index contributed by atoms with van der Waals surface area (Å²) in [4.78, 5) is 29.1. The number of rotatable bonds is 4. The number of hydrogen-bond donors (Lipinski definition) is 0. The number of hydrogen-bond acceptors (Lipinski definition) is 4. The molecular formula is C24H24N4O3. The molecule has 158 valence electrons. The van der Waals surface area contributed by atoms with E-state index in [-0.39, 0.29) is 17.4 Å². The van der Waals surface area contributed by atoms with Gasteiger partial charge in [0.1, 0.15) is 6.10 Å². The topological polar surface area (TPSA) is 71.0 Å². The van der Waals surface area contributed by atoms with Crippen LogP contribution in [0.2, 0.25) is 0 Å². The van der Waals surface area contributed by atoms with Crippen molar-refractivity contribution in [2.75, 3.05) is 6.61 Å². The second-order valence-corrected chi connectivity index (χ2v) is 7.96. The molecular weight excluding hydrogens is 392 g/mol. The first-order valence-electron chi connectivity index (χ1n) is 10.4. The van der Waals surface area contributed by atoms with E-state index in [1.54, 1.807) is 17.9 Å². The second-order valence-electron chi connectivity index (χ2n) is 7.96. The molecule has 4 aromatic rings. The van der Waals surface area contributed by atoms with Crippen LogP contribution in [0.1, 0.15) is 28.4 Å². The third kappa shape index (κ3) is 3.21. The van der Waals surface area contributed by atoms with Gasteiger partial charge in [-0.05, 0) is 35.1 Å². The SMILES string of the molecule is Cn1c(=O)c2c(ncn2CCOC2c3ccccc3CCc3ccccc32)n(C)c1=O. The van der Waals surface area contributed by atoms with Crippen LogP contribution in [0, 0.1) is 0 Å². The Morgan fingerprint density at radius 2 is 1.55 bits per heavy atom. The summed E-state index contributed by atoms with van der Waals surface area (Å²) in [6.07, 6.45) is 3.42. The third-order valence-corrected chi connectivity index (χ3v) is 6.17. The average molecular weight is 416 g/mol. The van der Waals surface area contributed by atoms with Crippen LogP contribution in [0.3, 0.4) is 0 Å². The Kier molecular flexibility index (Phi) is 4.82. The smallest absolute Gasteiger partial charge is 0.332 e. The molecule has 0 atom stereocenters. The number of aryl methyl sites for hydroxylation is 3. The normalized spacial score (nSPS) is 13.7. The van der Waals surface area contributed by atoms with E-state index in [2.05, 4.69) is 53.5 Å². The fourth-order valence-corrected chi connectivity index (χ4v) is 4.49. The van der Waals surface area contributed by atoms with Crippen molar-refractivity contribution in [1.29, 1.82) is 0 Å². The van der Waals surface area contributed by atoms with Gasteiger partial charge in [0, 0.05) is 20.6 Å². The maximum Gasteiger partial charge on any atom is 0.332 e. The summed E-state index contributed by atoms with van der Waals surface area (Å²) in [5, 5.41) is 0. The Labute approximate surface area is 179 Å². The molecule has 1 aliphatic rings. The van der Waals surface area contributed by atoms with Crippen molar-refractivity contribution in [3.63, 3.8) is 0 Å². The van der Waals surface area contributed by atoms with Gasteiger partial charge < -0.3 is 9.30 Å². The zero-order valence-corrected chi connectivity index (χ0v) is 17.6. The molecule has 0 spiro atoms. The van der Waals surface area contributed by atoms with E-state index >= 15 is 0 Å². The minimum absolute atomic E-state index is 0.156. The fraction of sp³-hybridized carbons (Fsp3) is 0.292. The number of aromatic nitrogens is 4.